The molecular weight excluding hydrogens is 494 g/mol. The number of carbonyl (C=O) groups excluding carboxylic acids is 1. The molecule has 40 heavy (non-hydrogen) atoms. The molecule has 0 aliphatic heterocycles. The van der Waals surface area contributed by atoms with Gasteiger partial charge in [-0.1, -0.05) is 143 Å². The van der Waals surface area contributed by atoms with Crippen LogP contribution in [0.3, 0.4) is 0 Å². The maximum atomic E-state index is 12.7. The maximum Gasteiger partial charge on any atom is 0.306 e. The molecule has 0 saturated heterocycles. The summed E-state index contributed by atoms with van der Waals surface area (Å²) in [5, 5.41) is 9.49. The lowest BCUT2D eigenvalue weighted by atomic mass is 10.0. The lowest BCUT2D eigenvalue weighted by Gasteiger charge is -2.21. The summed E-state index contributed by atoms with van der Waals surface area (Å²) in [4.78, 5) is 15.1. The summed E-state index contributed by atoms with van der Waals surface area (Å²) >= 11 is 0. The molecule has 0 heterocycles. The molecule has 0 atom stereocenters. The normalized spacial score (nSPS) is 11.7. The molecule has 0 unspecified atom stereocenters. The van der Waals surface area contributed by atoms with Crippen LogP contribution in [-0.2, 0) is 9.53 Å². The Morgan fingerprint density at radius 2 is 0.900 bits per heavy atom. The fourth-order valence-corrected chi connectivity index (χ4v) is 5.72. The minimum Gasteiger partial charge on any atom is -0.462 e. The fraction of sp³-hybridized carbons (Fsp3) is 0.972. The predicted molar refractivity (Wildman–Crippen MR) is 175 cm³/mol. The second kappa shape index (κ2) is 32.9. The standard InChI is InChI=1S/C36H73NO3/c1-4-7-10-13-16-17-18-19-22-26-31-37(33-34-38)32-27-25-30-36(39)40-35(28-23-20-14-11-8-5-2)29-24-21-15-12-9-6-3/h35,38H,4-34H2,1-3H3. The molecule has 4 heteroatoms. The molecule has 4 nitrogen and oxygen atoms in total. The first-order chi connectivity index (χ1) is 19.7. The Labute approximate surface area is 251 Å². The molecule has 0 aliphatic rings. The summed E-state index contributed by atoms with van der Waals surface area (Å²) in [5.74, 6) is 0.00497. The van der Waals surface area contributed by atoms with Gasteiger partial charge < -0.3 is 14.7 Å². The van der Waals surface area contributed by atoms with Crippen LogP contribution in [0, 0.1) is 0 Å². The Morgan fingerprint density at radius 3 is 1.32 bits per heavy atom. The van der Waals surface area contributed by atoms with Crippen LogP contribution in [0.25, 0.3) is 0 Å². The van der Waals surface area contributed by atoms with Gasteiger partial charge in [-0.15, -0.1) is 0 Å². The van der Waals surface area contributed by atoms with E-state index in [0.29, 0.717) is 6.42 Å². The number of aliphatic hydroxyl groups is 1. The first-order valence-corrected chi connectivity index (χ1v) is 18.2. The third-order valence-corrected chi connectivity index (χ3v) is 8.41. The van der Waals surface area contributed by atoms with Gasteiger partial charge >= 0.3 is 5.97 Å². The lowest BCUT2D eigenvalue weighted by Crippen LogP contribution is -2.29. The fourth-order valence-electron chi connectivity index (χ4n) is 5.72. The van der Waals surface area contributed by atoms with Gasteiger partial charge in [0.25, 0.3) is 0 Å². The third-order valence-electron chi connectivity index (χ3n) is 8.41. The number of aliphatic hydroxyl groups excluding tert-OH is 1. The molecule has 0 fully saturated rings. The van der Waals surface area contributed by atoms with E-state index in [-0.39, 0.29) is 18.7 Å². The molecule has 0 spiro atoms. The molecule has 0 aromatic heterocycles. The molecule has 0 radical (unpaired) electrons. The molecule has 0 bridgehead atoms. The largest absolute Gasteiger partial charge is 0.462 e. The van der Waals surface area contributed by atoms with Crippen LogP contribution >= 0.6 is 0 Å². The van der Waals surface area contributed by atoms with E-state index >= 15 is 0 Å². The molecule has 0 rings (SSSR count). The van der Waals surface area contributed by atoms with E-state index in [0.717, 1.165) is 45.3 Å². The highest BCUT2D eigenvalue weighted by molar-refractivity contribution is 5.69. The van der Waals surface area contributed by atoms with Crippen molar-refractivity contribution in [1.29, 1.82) is 0 Å². The molecule has 0 aliphatic carbocycles. The third kappa shape index (κ3) is 28.9. The number of carbonyl (C=O) groups is 1. The summed E-state index contributed by atoms with van der Waals surface area (Å²) in [6.07, 6.45) is 33.6. The molecular formula is C36H73NO3. The molecule has 0 aromatic carbocycles. The first kappa shape index (κ1) is 39.4. The summed E-state index contributed by atoms with van der Waals surface area (Å²) in [6.45, 7) is 9.82. The van der Waals surface area contributed by atoms with Gasteiger partial charge in [0.1, 0.15) is 6.10 Å². The predicted octanol–water partition coefficient (Wildman–Crippen LogP) is 10.8. The van der Waals surface area contributed by atoms with Gasteiger partial charge in [0.15, 0.2) is 0 Å². The summed E-state index contributed by atoms with van der Waals surface area (Å²) in [5.41, 5.74) is 0. The molecule has 240 valence electrons. The Hall–Kier alpha value is -0.610. The zero-order chi connectivity index (χ0) is 29.4. The van der Waals surface area contributed by atoms with E-state index in [1.807, 2.05) is 0 Å². The summed E-state index contributed by atoms with van der Waals surface area (Å²) in [7, 11) is 0. The zero-order valence-electron chi connectivity index (χ0n) is 27.7. The molecule has 0 aromatic rings. The van der Waals surface area contributed by atoms with Crippen molar-refractivity contribution in [3.63, 3.8) is 0 Å². The lowest BCUT2D eigenvalue weighted by molar-refractivity contribution is -0.150. The van der Waals surface area contributed by atoms with Crippen molar-refractivity contribution in [2.45, 2.75) is 200 Å². The van der Waals surface area contributed by atoms with Gasteiger partial charge in [0.2, 0.25) is 0 Å². The van der Waals surface area contributed by atoms with Crippen molar-refractivity contribution in [3.8, 4) is 0 Å². The second-order valence-electron chi connectivity index (χ2n) is 12.4. The summed E-state index contributed by atoms with van der Waals surface area (Å²) in [6, 6.07) is 0. The van der Waals surface area contributed by atoms with Crippen molar-refractivity contribution < 1.29 is 14.6 Å². The number of rotatable bonds is 33. The smallest absolute Gasteiger partial charge is 0.306 e. The van der Waals surface area contributed by atoms with E-state index in [1.165, 1.54) is 141 Å². The van der Waals surface area contributed by atoms with Crippen molar-refractivity contribution in [1.82, 2.24) is 4.90 Å². The van der Waals surface area contributed by atoms with E-state index in [9.17, 15) is 9.90 Å². The maximum absolute atomic E-state index is 12.7. The molecule has 0 amide bonds. The Kier molecular flexibility index (Phi) is 32.4. The number of hydrogen-bond acceptors (Lipinski definition) is 4. The monoisotopic (exact) mass is 568 g/mol. The number of hydrogen-bond donors (Lipinski definition) is 1. The topological polar surface area (TPSA) is 49.8 Å². The number of unbranched alkanes of at least 4 members (excludes halogenated alkanes) is 20. The van der Waals surface area contributed by atoms with Crippen molar-refractivity contribution >= 4 is 5.97 Å². The Bertz CT molecular complexity index is 482. The first-order valence-electron chi connectivity index (χ1n) is 18.2. The number of ether oxygens (including phenoxy) is 1. The van der Waals surface area contributed by atoms with E-state index < -0.39 is 0 Å². The highest BCUT2D eigenvalue weighted by Gasteiger charge is 2.14. The quantitative estimate of drug-likeness (QED) is 0.0633. The van der Waals surface area contributed by atoms with Crippen molar-refractivity contribution in [3.05, 3.63) is 0 Å². The van der Waals surface area contributed by atoms with E-state index in [2.05, 4.69) is 25.7 Å². The molecule has 0 saturated carbocycles. The van der Waals surface area contributed by atoms with Crippen LogP contribution in [0.5, 0.6) is 0 Å². The Balaban J connectivity index is 4.12. The minimum atomic E-state index is 0.00497. The average molecular weight is 568 g/mol. The van der Waals surface area contributed by atoms with Gasteiger partial charge in [-0.25, -0.2) is 0 Å². The van der Waals surface area contributed by atoms with E-state index in [1.54, 1.807) is 0 Å². The van der Waals surface area contributed by atoms with Crippen molar-refractivity contribution in [2.75, 3.05) is 26.2 Å². The van der Waals surface area contributed by atoms with E-state index in [4.69, 9.17) is 4.74 Å². The van der Waals surface area contributed by atoms with Gasteiger partial charge in [-0.05, 0) is 58.0 Å². The Morgan fingerprint density at radius 1 is 0.525 bits per heavy atom. The minimum absolute atomic E-state index is 0.00497. The second-order valence-corrected chi connectivity index (χ2v) is 12.4. The van der Waals surface area contributed by atoms with Crippen LogP contribution in [0.1, 0.15) is 194 Å². The average Bonchev–Trinajstić information content (AvgIpc) is 2.95. The summed E-state index contributed by atoms with van der Waals surface area (Å²) < 4.78 is 6.01. The van der Waals surface area contributed by atoms with Crippen LogP contribution in [-0.4, -0.2) is 48.3 Å². The highest BCUT2D eigenvalue weighted by Crippen LogP contribution is 2.18. The number of nitrogens with zero attached hydrogens (tertiary/aromatic N) is 1. The van der Waals surface area contributed by atoms with Gasteiger partial charge in [0.05, 0.1) is 6.61 Å². The van der Waals surface area contributed by atoms with Gasteiger partial charge in [-0.3, -0.25) is 4.79 Å². The van der Waals surface area contributed by atoms with Gasteiger partial charge in [0, 0.05) is 13.0 Å². The number of esters is 1. The van der Waals surface area contributed by atoms with Crippen LogP contribution in [0.15, 0.2) is 0 Å². The van der Waals surface area contributed by atoms with Crippen LogP contribution < -0.4 is 0 Å². The highest BCUT2D eigenvalue weighted by atomic mass is 16.5. The van der Waals surface area contributed by atoms with Crippen LogP contribution in [0.4, 0.5) is 0 Å². The SMILES string of the molecule is CCCCCCCCCCCCN(CCO)CCCCC(=O)OC(CCCCCCCC)CCCCCCCC. The zero-order valence-corrected chi connectivity index (χ0v) is 27.7. The molecule has 1 N–H and O–H groups in total. The van der Waals surface area contributed by atoms with Crippen LogP contribution in [0.2, 0.25) is 0 Å². The van der Waals surface area contributed by atoms with Crippen molar-refractivity contribution in [2.24, 2.45) is 0 Å². The van der Waals surface area contributed by atoms with Gasteiger partial charge in [-0.2, -0.15) is 0 Å².